The van der Waals surface area contributed by atoms with Crippen molar-refractivity contribution in [1.82, 2.24) is 0 Å². The molecule has 2 heterocycles. The summed E-state index contributed by atoms with van der Waals surface area (Å²) in [7, 11) is 1.51. The molecule has 2 aliphatic heterocycles. The number of nitrogens with zero attached hydrogens (tertiary/aromatic N) is 1. The van der Waals surface area contributed by atoms with Gasteiger partial charge < -0.3 is 15.5 Å². The molecule has 0 spiro atoms. The molecule has 1 amide bonds. The summed E-state index contributed by atoms with van der Waals surface area (Å²) < 4.78 is 0. The van der Waals surface area contributed by atoms with Crippen molar-refractivity contribution >= 4 is 34.6 Å². The average molecular weight is 331 g/mol. The van der Waals surface area contributed by atoms with E-state index in [2.05, 4.69) is 15.8 Å². The highest BCUT2D eigenvalue weighted by Gasteiger charge is 2.28. The van der Waals surface area contributed by atoms with Crippen molar-refractivity contribution in [3.8, 4) is 0 Å². The monoisotopic (exact) mass is 331 g/mol. The lowest BCUT2D eigenvalue weighted by molar-refractivity contribution is -0.110. The van der Waals surface area contributed by atoms with Gasteiger partial charge in [0.05, 0.1) is 17.0 Å². The van der Waals surface area contributed by atoms with Gasteiger partial charge in [0.15, 0.2) is 0 Å². The standard InChI is InChI=1S/C20H17N3O2/c1-12(23-25-2)14-7-9-15-18(11-14)22-20(24)19(15)17-10-8-13-5-3-4-6-16(13)21-17/h3-11,21H,1-2H3,(H,22,24)/b19-17-,23-12+. The van der Waals surface area contributed by atoms with Gasteiger partial charge in [-0.25, -0.2) is 0 Å². The zero-order chi connectivity index (χ0) is 17.4. The molecule has 0 atom stereocenters. The number of carbonyl (C=O) groups is 1. The lowest BCUT2D eigenvalue weighted by atomic mass is 9.99. The van der Waals surface area contributed by atoms with Crippen LogP contribution in [0.5, 0.6) is 0 Å². The quantitative estimate of drug-likeness (QED) is 0.499. The van der Waals surface area contributed by atoms with E-state index in [-0.39, 0.29) is 5.91 Å². The van der Waals surface area contributed by atoms with Crippen molar-refractivity contribution < 1.29 is 9.63 Å². The number of anilines is 2. The van der Waals surface area contributed by atoms with Crippen molar-refractivity contribution in [2.45, 2.75) is 6.92 Å². The summed E-state index contributed by atoms with van der Waals surface area (Å²) in [5, 5.41) is 10.2. The van der Waals surface area contributed by atoms with Gasteiger partial charge in [0.1, 0.15) is 7.11 Å². The van der Waals surface area contributed by atoms with Gasteiger partial charge >= 0.3 is 0 Å². The predicted molar refractivity (Wildman–Crippen MR) is 100 cm³/mol. The van der Waals surface area contributed by atoms with Crippen LogP contribution in [0.3, 0.4) is 0 Å². The van der Waals surface area contributed by atoms with Crippen molar-refractivity contribution in [3.63, 3.8) is 0 Å². The van der Waals surface area contributed by atoms with Crippen molar-refractivity contribution in [2.24, 2.45) is 5.16 Å². The molecule has 2 N–H and O–H groups in total. The third kappa shape index (κ3) is 2.59. The highest BCUT2D eigenvalue weighted by Crippen LogP contribution is 2.37. The molecule has 25 heavy (non-hydrogen) atoms. The van der Waals surface area contributed by atoms with Crippen LogP contribution in [0.15, 0.2) is 59.4 Å². The van der Waals surface area contributed by atoms with E-state index in [1.54, 1.807) is 0 Å². The molecule has 0 saturated carbocycles. The lowest BCUT2D eigenvalue weighted by Crippen LogP contribution is -2.11. The minimum absolute atomic E-state index is 0.111. The lowest BCUT2D eigenvalue weighted by Gasteiger charge is -2.17. The molecule has 0 saturated heterocycles. The summed E-state index contributed by atoms with van der Waals surface area (Å²) in [5.74, 6) is -0.111. The number of fused-ring (bicyclic) bond motifs is 2. The Kier molecular flexibility index (Phi) is 3.61. The molecule has 124 valence electrons. The summed E-state index contributed by atoms with van der Waals surface area (Å²) in [4.78, 5) is 17.4. The summed E-state index contributed by atoms with van der Waals surface area (Å²) in [6.07, 6.45) is 3.96. The van der Waals surface area contributed by atoms with E-state index in [1.807, 2.05) is 61.5 Å². The van der Waals surface area contributed by atoms with E-state index in [0.29, 0.717) is 5.57 Å². The smallest absolute Gasteiger partial charge is 0.258 e. The summed E-state index contributed by atoms with van der Waals surface area (Å²) >= 11 is 0. The largest absolute Gasteiger partial charge is 0.399 e. The van der Waals surface area contributed by atoms with Gasteiger partial charge in [0.2, 0.25) is 0 Å². The zero-order valence-electron chi connectivity index (χ0n) is 14.0. The predicted octanol–water partition coefficient (Wildman–Crippen LogP) is 3.86. The van der Waals surface area contributed by atoms with E-state index < -0.39 is 0 Å². The SMILES string of the molecule is CO/N=C(\C)c1ccc2c(c1)NC(=O)/C2=C1/C=Cc2ccccc2N1. The van der Waals surface area contributed by atoms with Crippen LogP contribution in [-0.2, 0) is 9.63 Å². The van der Waals surface area contributed by atoms with Crippen molar-refractivity contribution in [1.29, 1.82) is 0 Å². The second-order valence-electron chi connectivity index (χ2n) is 5.91. The van der Waals surface area contributed by atoms with Gasteiger partial charge in [0, 0.05) is 22.5 Å². The molecule has 5 nitrogen and oxygen atoms in total. The van der Waals surface area contributed by atoms with E-state index in [4.69, 9.17) is 4.84 Å². The molecule has 0 aromatic heterocycles. The molecule has 0 bridgehead atoms. The fourth-order valence-electron chi connectivity index (χ4n) is 3.12. The first-order valence-corrected chi connectivity index (χ1v) is 7.99. The molecule has 0 radical (unpaired) electrons. The molecule has 0 aliphatic carbocycles. The molecule has 2 aromatic carbocycles. The Morgan fingerprint density at radius 2 is 1.88 bits per heavy atom. The maximum absolute atomic E-state index is 12.6. The van der Waals surface area contributed by atoms with Crippen LogP contribution in [0, 0.1) is 0 Å². The minimum atomic E-state index is -0.111. The molecule has 0 unspecified atom stereocenters. The fourth-order valence-corrected chi connectivity index (χ4v) is 3.12. The van der Waals surface area contributed by atoms with Gasteiger partial charge in [-0.1, -0.05) is 41.6 Å². The van der Waals surface area contributed by atoms with Crippen molar-refractivity contribution in [3.05, 3.63) is 70.9 Å². The first kappa shape index (κ1) is 15.2. The number of hydrogen-bond donors (Lipinski definition) is 2. The summed E-state index contributed by atoms with van der Waals surface area (Å²) in [5.41, 5.74) is 6.87. The molecular formula is C20H17N3O2. The maximum Gasteiger partial charge on any atom is 0.258 e. The number of amides is 1. The molecule has 0 fully saturated rings. The number of carbonyl (C=O) groups excluding carboxylic acids is 1. The van der Waals surface area contributed by atoms with Gasteiger partial charge in [0.25, 0.3) is 5.91 Å². The number of benzene rings is 2. The Hall–Kier alpha value is -3.34. The van der Waals surface area contributed by atoms with Crippen LogP contribution in [0.4, 0.5) is 11.4 Å². The number of nitrogens with one attached hydrogen (secondary N) is 2. The van der Waals surface area contributed by atoms with E-state index in [0.717, 1.165) is 39.5 Å². The first-order chi connectivity index (χ1) is 12.2. The first-order valence-electron chi connectivity index (χ1n) is 7.99. The topological polar surface area (TPSA) is 62.7 Å². The van der Waals surface area contributed by atoms with Crippen LogP contribution in [0.25, 0.3) is 11.6 Å². The summed E-state index contributed by atoms with van der Waals surface area (Å²) in [6.45, 7) is 1.86. The Bertz CT molecular complexity index is 971. The highest BCUT2D eigenvalue weighted by molar-refractivity contribution is 6.33. The van der Waals surface area contributed by atoms with Gasteiger partial charge in [-0.15, -0.1) is 0 Å². The van der Waals surface area contributed by atoms with Gasteiger partial charge in [-0.2, -0.15) is 0 Å². The molecular weight excluding hydrogens is 314 g/mol. The second-order valence-corrected chi connectivity index (χ2v) is 5.91. The Labute approximate surface area is 145 Å². The third-order valence-electron chi connectivity index (χ3n) is 4.34. The Balaban J connectivity index is 1.78. The number of para-hydroxylation sites is 1. The molecule has 5 heteroatoms. The number of oxime groups is 1. The van der Waals surface area contributed by atoms with E-state index >= 15 is 0 Å². The molecule has 2 aliphatic rings. The Morgan fingerprint density at radius 3 is 2.72 bits per heavy atom. The third-order valence-corrected chi connectivity index (χ3v) is 4.34. The summed E-state index contributed by atoms with van der Waals surface area (Å²) in [6, 6.07) is 13.8. The zero-order valence-corrected chi connectivity index (χ0v) is 14.0. The van der Waals surface area contributed by atoms with Crippen molar-refractivity contribution in [2.75, 3.05) is 17.7 Å². The van der Waals surface area contributed by atoms with E-state index in [9.17, 15) is 4.79 Å². The second kappa shape index (κ2) is 5.94. The van der Waals surface area contributed by atoms with Gasteiger partial charge in [-0.3, -0.25) is 4.79 Å². The fraction of sp³-hybridized carbons (Fsp3) is 0.100. The molecule has 2 aromatic rings. The normalized spacial score (nSPS) is 18.3. The van der Waals surface area contributed by atoms with E-state index in [1.165, 1.54) is 7.11 Å². The minimum Gasteiger partial charge on any atom is -0.399 e. The number of hydrogen-bond acceptors (Lipinski definition) is 4. The average Bonchev–Trinajstić information content (AvgIpc) is 2.96. The van der Waals surface area contributed by atoms with Crippen LogP contribution < -0.4 is 10.6 Å². The number of allylic oxidation sites excluding steroid dienone is 1. The van der Waals surface area contributed by atoms with Crippen LogP contribution in [0.2, 0.25) is 0 Å². The Morgan fingerprint density at radius 1 is 1.04 bits per heavy atom. The highest BCUT2D eigenvalue weighted by atomic mass is 16.6. The number of rotatable bonds is 2. The maximum atomic E-state index is 12.6. The molecule has 4 rings (SSSR count). The van der Waals surface area contributed by atoms with Crippen LogP contribution in [-0.4, -0.2) is 18.7 Å². The van der Waals surface area contributed by atoms with Crippen LogP contribution in [0.1, 0.15) is 23.6 Å². The van der Waals surface area contributed by atoms with Crippen LogP contribution >= 0.6 is 0 Å². The van der Waals surface area contributed by atoms with Gasteiger partial charge in [-0.05, 0) is 30.7 Å².